The molecule has 1 fully saturated rings. The number of esters is 1. The fourth-order valence-corrected chi connectivity index (χ4v) is 4.39. The molecule has 1 saturated heterocycles. The van der Waals surface area contributed by atoms with Gasteiger partial charge in [-0.15, -0.1) is 0 Å². The Morgan fingerprint density at radius 1 is 1.03 bits per heavy atom. The largest absolute Gasteiger partial charge is 0.458 e. The molecule has 37 heavy (non-hydrogen) atoms. The first kappa shape index (κ1) is 27.9. The number of carbonyl (C=O) groups is 3. The first-order valence-corrected chi connectivity index (χ1v) is 12.7. The highest BCUT2D eigenvalue weighted by Gasteiger charge is 2.37. The van der Waals surface area contributed by atoms with E-state index in [1.807, 2.05) is 57.2 Å². The molecule has 0 radical (unpaired) electrons. The Kier molecular flexibility index (Phi) is 9.83. The Morgan fingerprint density at radius 3 is 2.30 bits per heavy atom. The van der Waals surface area contributed by atoms with Gasteiger partial charge < -0.3 is 19.8 Å². The van der Waals surface area contributed by atoms with Gasteiger partial charge >= 0.3 is 5.97 Å². The second-order valence-electron chi connectivity index (χ2n) is 10.1. The molecule has 198 valence electrons. The van der Waals surface area contributed by atoms with Crippen molar-refractivity contribution in [3.63, 3.8) is 0 Å². The van der Waals surface area contributed by atoms with E-state index in [9.17, 15) is 14.4 Å². The quantitative estimate of drug-likeness (QED) is 0.296. The van der Waals surface area contributed by atoms with Crippen LogP contribution in [0.2, 0.25) is 0 Å². The van der Waals surface area contributed by atoms with Crippen LogP contribution in [0.3, 0.4) is 0 Å². The van der Waals surface area contributed by atoms with E-state index in [4.69, 9.17) is 9.57 Å². The number of nitrogens with one attached hydrogen (secondary N) is 1. The maximum Gasteiger partial charge on any atom is 0.329 e. The molecule has 1 N–H and O–H groups in total. The van der Waals surface area contributed by atoms with Crippen LogP contribution < -0.4 is 5.32 Å². The van der Waals surface area contributed by atoms with Gasteiger partial charge in [-0.05, 0) is 64.2 Å². The Balaban J connectivity index is 1.73. The molecule has 3 rings (SSSR count). The molecule has 1 heterocycles. The van der Waals surface area contributed by atoms with E-state index in [2.05, 4.69) is 10.5 Å². The first-order valence-electron chi connectivity index (χ1n) is 12.7. The molecule has 8 heteroatoms. The molecule has 0 unspecified atom stereocenters. The summed E-state index contributed by atoms with van der Waals surface area (Å²) in [4.78, 5) is 45.6. The number of ether oxygens (including phenoxy) is 1. The molecule has 0 saturated carbocycles. The normalized spacial score (nSPS) is 16.7. The lowest BCUT2D eigenvalue weighted by atomic mass is 9.98. The van der Waals surface area contributed by atoms with Crippen LogP contribution in [0.1, 0.15) is 62.4 Å². The van der Waals surface area contributed by atoms with Crippen LogP contribution in [0.15, 0.2) is 65.8 Å². The van der Waals surface area contributed by atoms with Crippen molar-refractivity contribution in [3.8, 4) is 0 Å². The van der Waals surface area contributed by atoms with Crippen molar-refractivity contribution in [1.29, 1.82) is 0 Å². The van der Waals surface area contributed by atoms with Gasteiger partial charge in [0, 0.05) is 18.5 Å². The van der Waals surface area contributed by atoms with Crippen LogP contribution in [0, 0.1) is 0 Å². The summed E-state index contributed by atoms with van der Waals surface area (Å²) in [7, 11) is 1.44. The van der Waals surface area contributed by atoms with Gasteiger partial charge in [0.25, 0.3) is 5.91 Å². The molecule has 2 aromatic carbocycles. The van der Waals surface area contributed by atoms with Crippen molar-refractivity contribution < 1.29 is 24.0 Å². The summed E-state index contributed by atoms with van der Waals surface area (Å²) in [6.07, 6.45) is 2.23. The summed E-state index contributed by atoms with van der Waals surface area (Å²) in [6, 6.07) is 17.7. The van der Waals surface area contributed by atoms with E-state index >= 15 is 0 Å². The van der Waals surface area contributed by atoms with E-state index < -0.39 is 17.7 Å². The fourth-order valence-electron chi connectivity index (χ4n) is 4.39. The van der Waals surface area contributed by atoms with Crippen LogP contribution in [0.5, 0.6) is 0 Å². The Hall–Kier alpha value is -3.68. The molecule has 2 aromatic rings. The minimum Gasteiger partial charge on any atom is -0.458 e. The summed E-state index contributed by atoms with van der Waals surface area (Å²) < 4.78 is 5.53. The van der Waals surface area contributed by atoms with Crippen LogP contribution in [0.4, 0.5) is 0 Å². The summed E-state index contributed by atoms with van der Waals surface area (Å²) in [6.45, 7) is 5.96. The Morgan fingerprint density at radius 2 is 1.68 bits per heavy atom. The van der Waals surface area contributed by atoms with Gasteiger partial charge in [-0.1, -0.05) is 53.7 Å². The molecule has 0 aliphatic carbocycles. The number of carbonyl (C=O) groups excluding carboxylic acids is 3. The minimum absolute atomic E-state index is 0.133. The van der Waals surface area contributed by atoms with Gasteiger partial charge in [-0.25, -0.2) is 4.79 Å². The predicted molar refractivity (Wildman–Crippen MR) is 142 cm³/mol. The van der Waals surface area contributed by atoms with Crippen LogP contribution in [-0.4, -0.2) is 59.7 Å². The zero-order valence-corrected chi connectivity index (χ0v) is 22.1. The maximum atomic E-state index is 13.2. The standard InChI is InChI=1S/C29H37N3O5/c1-29(2,3)37-28(35)25-16-11-19-32(25)26(33)18-17-23(31-36-4)24(20-21-12-7-5-8-13-21)30-27(34)22-14-9-6-10-15-22/h5-10,12-15,24-25H,11,16-20H2,1-4H3,(H,30,34)/t24-,25+/m1/s1. The number of benzene rings is 2. The van der Waals surface area contributed by atoms with Crippen molar-refractivity contribution >= 4 is 23.5 Å². The molecule has 0 bridgehead atoms. The van der Waals surface area contributed by atoms with Gasteiger partial charge in [-0.2, -0.15) is 0 Å². The smallest absolute Gasteiger partial charge is 0.329 e. The third-order valence-electron chi connectivity index (χ3n) is 6.08. The molecule has 1 aliphatic rings. The molecule has 0 aromatic heterocycles. The van der Waals surface area contributed by atoms with Gasteiger partial charge in [0.15, 0.2) is 0 Å². The lowest BCUT2D eigenvalue weighted by Crippen LogP contribution is -2.45. The molecular weight excluding hydrogens is 470 g/mol. The van der Waals surface area contributed by atoms with Crippen molar-refractivity contribution in [1.82, 2.24) is 10.2 Å². The summed E-state index contributed by atoms with van der Waals surface area (Å²) in [5.74, 6) is -0.757. The summed E-state index contributed by atoms with van der Waals surface area (Å²) in [5.41, 5.74) is 1.48. The van der Waals surface area contributed by atoms with E-state index in [1.54, 1.807) is 29.2 Å². The number of likely N-dealkylation sites (tertiary alicyclic amines) is 1. The van der Waals surface area contributed by atoms with Crippen LogP contribution >= 0.6 is 0 Å². The second kappa shape index (κ2) is 13.0. The van der Waals surface area contributed by atoms with Gasteiger partial charge in [-0.3, -0.25) is 9.59 Å². The lowest BCUT2D eigenvalue weighted by Gasteiger charge is -2.28. The molecule has 8 nitrogen and oxygen atoms in total. The van der Waals surface area contributed by atoms with Crippen LogP contribution in [0.25, 0.3) is 0 Å². The fraction of sp³-hybridized carbons (Fsp3) is 0.448. The average molecular weight is 508 g/mol. The van der Waals surface area contributed by atoms with E-state index in [0.717, 1.165) is 12.0 Å². The average Bonchev–Trinajstić information content (AvgIpc) is 3.37. The zero-order valence-electron chi connectivity index (χ0n) is 22.1. The number of hydrogen-bond acceptors (Lipinski definition) is 6. The summed E-state index contributed by atoms with van der Waals surface area (Å²) >= 11 is 0. The maximum absolute atomic E-state index is 13.2. The molecule has 0 spiro atoms. The van der Waals surface area contributed by atoms with Crippen molar-refractivity contribution in [2.45, 2.75) is 70.6 Å². The number of rotatable bonds is 10. The third kappa shape index (κ3) is 8.44. The SMILES string of the molecule is CON=C(CCC(=O)N1CCC[C@H]1C(=O)OC(C)(C)C)[C@@H](Cc1ccccc1)NC(=O)c1ccccc1. The molecule has 2 amide bonds. The van der Waals surface area contributed by atoms with Crippen molar-refractivity contribution in [3.05, 3.63) is 71.8 Å². The predicted octanol–water partition coefficient (Wildman–Crippen LogP) is 4.14. The van der Waals surface area contributed by atoms with E-state index in [-0.39, 0.29) is 30.6 Å². The molecule has 1 aliphatic heterocycles. The number of amides is 2. The van der Waals surface area contributed by atoms with Crippen molar-refractivity contribution in [2.24, 2.45) is 5.16 Å². The summed E-state index contributed by atoms with van der Waals surface area (Å²) in [5, 5.41) is 7.27. The number of nitrogens with zero attached hydrogens (tertiary/aromatic N) is 2. The van der Waals surface area contributed by atoms with Gasteiger partial charge in [0.1, 0.15) is 18.8 Å². The first-order chi connectivity index (χ1) is 17.7. The van der Waals surface area contributed by atoms with Gasteiger partial charge in [0.05, 0.1) is 11.8 Å². The third-order valence-corrected chi connectivity index (χ3v) is 6.08. The van der Waals surface area contributed by atoms with Gasteiger partial charge in [0.2, 0.25) is 5.91 Å². The number of hydrogen-bond donors (Lipinski definition) is 1. The molecular formula is C29H37N3O5. The Labute approximate surface area is 219 Å². The lowest BCUT2D eigenvalue weighted by molar-refractivity contribution is -0.163. The minimum atomic E-state index is -0.617. The molecule has 2 atom stereocenters. The van der Waals surface area contributed by atoms with E-state index in [0.29, 0.717) is 30.7 Å². The highest BCUT2D eigenvalue weighted by Crippen LogP contribution is 2.23. The van der Waals surface area contributed by atoms with Crippen LogP contribution in [-0.2, 0) is 25.6 Å². The van der Waals surface area contributed by atoms with E-state index in [1.165, 1.54) is 7.11 Å². The highest BCUT2D eigenvalue weighted by molar-refractivity contribution is 6.00. The second-order valence-corrected chi connectivity index (χ2v) is 10.1. The number of oxime groups is 1. The topological polar surface area (TPSA) is 97.3 Å². The monoisotopic (exact) mass is 507 g/mol. The Bertz CT molecular complexity index is 1080. The van der Waals surface area contributed by atoms with Crippen molar-refractivity contribution in [2.75, 3.05) is 13.7 Å². The zero-order chi connectivity index (χ0) is 26.8. The highest BCUT2D eigenvalue weighted by atomic mass is 16.6.